The van der Waals surface area contributed by atoms with Crippen molar-refractivity contribution >= 4 is 27.3 Å². The number of nitrogens with one attached hydrogen (secondary N) is 1. The van der Waals surface area contributed by atoms with Gasteiger partial charge in [-0.25, -0.2) is 0 Å². The summed E-state index contributed by atoms with van der Waals surface area (Å²) in [6, 6.07) is 8.47. The summed E-state index contributed by atoms with van der Waals surface area (Å²) in [6.07, 6.45) is 0.780. The van der Waals surface area contributed by atoms with Gasteiger partial charge in [0.1, 0.15) is 6.61 Å². The number of amides is 1. The van der Waals surface area contributed by atoms with E-state index in [-0.39, 0.29) is 19.1 Å². The maximum absolute atomic E-state index is 11.6. The van der Waals surface area contributed by atoms with Gasteiger partial charge in [-0.3, -0.25) is 4.79 Å². The van der Waals surface area contributed by atoms with Crippen LogP contribution in [-0.2, 0) is 16.0 Å². The van der Waals surface area contributed by atoms with E-state index in [0.29, 0.717) is 6.61 Å². The van der Waals surface area contributed by atoms with Crippen LogP contribution in [0.1, 0.15) is 19.4 Å². The molecule has 0 radical (unpaired) electrons. The molecule has 0 aliphatic heterocycles. The molecule has 21 heavy (non-hydrogen) atoms. The normalized spacial score (nSPS) is 11.8. The number of hydrogen-bond donors (Lipinski definition) is 2. The van der Waals surface area contributed by atoms with E-state index in [1.54, 1.807) is 25.2 Å². The summed E-state index contributed by atoms with van der Waals surface area (Å²) in [5.41, 5.74) is 0.599. The number of carbonyl (C=O) groups is 1. The average molecular weight is 307 g/mol. The lowest BCUT2D eigenvalue weighted by molar-refractivity contribution is -0.127. The fourth-order valence-electron chi connectivity index (χ4n) is 1.98. The number of rotatable bonds is 7. The highest BCUT2D eigenvalue weighted by molar-refractivity contribution is 7.17. The molecule has 0 spiro atoms. The van der Waals surface area contributed by atoms with Gasteiger partial charge < -0.3 is 15.2 Å². The van der Waals surface area contributed by atoms with Crippen molar-refractivity contribution < 1.29 is 14.6 Å². The Kier molecular flexibility index (Phi) is 5.33. The number of thiophene rings is 1. The second-order valence-corrected chi connectivity index (χ2v) is 6.63. The number of carbonyl (C=O) groups excluding carboxylic acids is 1. The summed E-state index contributed by atoms with van der Waals surface area (Å²) in [5.74, 6) is -0.206. The van der Waals surface area contributed by atoms with Crippen LogP contribution in [0.15, 0.2) is 29.6 Å². The van der Waals surface area contributed by atoms with Gasteiger partial charge in [0.15, 0.2) is 0 Å². The molecule has 5 heteroatoms. The maximum Gasteiger partial charge on any atom is 0.246 e. The molecule has 2 rings (SSSR count). The van der Waals surface area contributed by atoms with Gasteiger partial charge in [0.2, 0.25) is 5.91 Å². The van der Waals surface area contributed by atoms with E-state index in [2.05, 4.69) is 35.0 Å². The molecular formula is C16H21NO3S. The first kappa shape index (κ1) is 15.9. The predicted octanol–water partition coefficient (Wildman–Crippen LogP) is 2.35. The van der Waals surface area contributed by atoms with Crippen LogP contribution in [0.3, 0.4) is 0 Å². The van der Waals surface area contributed by atoms with E-state index in [1.807, 2.05) is 0 Å². The van der Waals surface area contributed by atoms with Crippen molar-refractivity contribution in [1.82, 2.24) is 5.32 Å². The van der Waals surface area contributed by atoms with Gasteiger partial charge >= 0.3 is 0 Å². The predicted molar refractivity (Wildman–Crippen MR) is 85.7 cm³/mol. The Labute approximate surface area is 128 Å². The fourth-order valence-corrected chi connectivity index (χ4v) is 2.75. The van der Waals surface area contributed by atoms with Crippen LogP contribution >= 0.6 is 11.3 Å². The number of fused-ring (bicyclic) bond motifs is 1. The monoisotopic (exact) mass is 307 g/mol. The minimum atomic E-state index is -0.607. The van der Waals surface area contributed by atoms with Gasteiger partial charge in [-0.1, -0.05) is 12.1 Å². The highest BCUT2D eigenvalue weighted by Crippen LogP contribution is 2.21. The number of ether oxygens (including phenoxy) is 1. The highest BCUT2D eigenvalue weighted by atomic mass is 32.1. The zero-order valence-corrected chi connectivity index (χ0v) is 13.2. The van der Waals surface area contributed by atoms with Crippen LogP contribution in [0.2, 0.25) is 0 Å². The number of aliphatic hydroxyl groups excluding tert-OH is 1. The smallest absolute Gasteiger partial charge is 0.246 e. The summed E-state index contributed by atoms with van der Waals surface area (Å²) in [5, 5.41) is 15.1. The van der Waals surface area contributed by atoms with Crippen molar-refractivity contribution in [2.75, 3.05) is 19.8 Å². The number of aliphatic hydroxyl groups is 1. The molecule has 2 aromatic rings. The van der Waals surface area contributed by atoms with Crippen molar-refractivity contribution in [3.8, 4) is 0 Å². The van der Waals surface area contributed by atoms with Crippen molar-refractivity contribution in [3.63, 3.8) is 0 Å². The minimum absolute atomic E-state index is 0.0180. The van der Waals surface area contributed by atoms with Crippen molar-refractivity contribution in [2.45, 2.75) is 25.8 Å². The maximum atomic E-state index is 11.6. The Balaban J connectivity index is 1.73. The van der Waals surface area contributed by atoms with E-state index in [4.69, 9.17) is 9.84 Å². The van der Waals surface area contributed by atoms with Crippen LogP contribution < -0.4 is 5.32 Å². The molecule has 0 unspecified atom stereocenters. The number of hydrogen-bond acceptors (Lipinski definition) is 4. The molecule has 114 valence electrons. The standard InChI is InChI=1S/C16H21NO3S/c1-16(2,11-18)17-15(19)10-20-7-5-12-3-4-14-13(9-12)6-8-21-14/h3-4,6,8-9,18H,5,7,10-11H2,1-2H3,(H,17,19). The minimum Gasteiger partial charge on any atom is -0.394 e. The fraction of sp³-hybridized carbons (Fsp3) is 0.438. The molecule has 0 aliphatic carbocycles. The van der Waals surface area contributed by atoms with Crippen LogP contribution in [-0.4, -0.2) is 36.4 Å². The summed E-state index contributed by atoms with van der Waals surface area (Å²) in [6.45, 7) is 3.95. The largest absolute Gasteiger partial charge is 0.394 e. The van der Waals surface area contributed by atoms with Crippen LogP contribution in [0.25, 0.3) is 10.1 Å². The molecule has 0 saturated carbocycles. The lowest BCUT2D eigenvalue weighted by Gasteiger charge is -2.23. The van der Waals surface area contributed by atoms with Gasteiger partial charge in [0, 0.05) is 4.70 Å². The molecule has 1 amide bonds. The lowest BCUT2D eigenvalue weighted by Crippen LogP contribution is -2.47. The van der Waals surface area contributed by atoms with Crippen molar-refractivity contribution in [1.29, 1.82) is 0 Å². The van der Waals surface area contributed by atoms with E-state index in [1.165, 1.54) is 15.6 Å². The van der Waals surface area contributed by atoms with Gasteiger partial charge in [0.25, 0.3) is 0 Å². The molecule has 0 aliphatic rings. The Bertz CT molecular complexity index is 606. The molecule has 0 saturated heterocycles. The second kappa shape index (κ2) is 7.02. The Hall–Kier alpha value is -1.43. The van der Waals surface area contributed by atoms with Gasteiger partial charge in [-0.05, 0) is 48.7 Å². The van der Waals surface area contributed by atoms with Gasteiger partial charge in [0.05, 0.1) is 18.8 Å². The molecule has 0 bridgehead atoms. The highest BCUT2D eigenvalue weighted by Gasteiger charge is 2.18. The zero-order valence-electron chi connectivity index (χ0n) is 12.4. The second-order valence-electron chi connectivity index (χ2n) is 5.69. The molecule has 1 aromatic carbocycles. The summed E-state index contributed by atoms with van der Waals surface area (Å²) in [4.78, 5) is 11.6. The lowest BCUT2D eigenvalue weighted by atomic mass is 10.1. The van der Waals surface area contributed by atoms with E-state index in [0.717, 1.165) is 6.42 Å². The zero-order chi connectivity index (χ0) is 15.3. The Morgan fingerprint density at radius 2 is 2.19 bits per heavy atom. The Morgan fingerprint density at radius 1 is 1.38 bits per heavy atom. The molecular weight excluding hydrogens is 286 g/mol. The van der Waals surface area contributed by atoms with Gasteiger partial charge in [-0.2, -0.15) is 0 Å². The first-order valence-corrected chi connectivity index (χ1v) is 7.84. The Morgan fingerprint density at radius 3 is 2.95 bits per heavy atom. The van der Waals surface area contributed by atoms with E-state index < -0.39 is 5.54 Å². The van der Waals surface area contributed by atoms with Crippen molar-refractivity contribution in [2.24, 2.45) is 0 Å². The van der Waals surface area contributed by atoms with Crippen LogP contribution in [0.4, 0.5) is 0 Å². The third-order valence-electron chi connectivity index (χ3n) is 3.16. The first-order chi connectivity index (χ1) is 10.00. The molecule has 0 atom stereocenters. The number of benzene rings is 1. The van der Waals surface area contributed by atoms with Crippen LogP contribution in [0.5, 0.6) is 0 Å². The summed E-state index contributed by atoms with van der Waals surface area (Å²) < 4.78 is 6.67. The summed E-state index contributed by atoms with van der Waals surface area (Å²) in [7, 11) is 0. The molecule has 1 heterocycles. The average Bonchev–Trinajstić information content (AvgIpc) is 2.90. The third kappa shape index (κ3) is 4.81. The van der Waals surface area contributed by atoms with E-state index >= 15 is 0 Å². The molecule has 0 fully saturated rings. The SMILES string of the molecule is CC(C)(CO)NC(=O)COCCc1ccc2sccc2c1. The topological polar surface area (TPSA) is 58.6 Å². The molecule has 4 nitrogen and oxygen atoms in total. The summed E-state index contributed by atoms with van der Waals surface area (Å²) >= 11 is 1.73. The van der Waals surface area contributed by atoms with Crippen LogP contribution in [0, 0.1) is 0 Å². The molecule has 2 N–H and O–H groups in total. The van der Waals surface area contributed by atoms with E-state index in [9.17, 15) is 4.79 Å². The quantitative estimate of drug-likeness (QED) is 0.772. The third-order valence-corrected chi connectivity index (χ3v) is 4.06. The first-order valence-electron chi connectivity index (χ1n) is 6.96. The van der Waals surface area contributed by atoms with Crippen molar-refractivity contribution in [3.05, 3.63) is 35.2 Å². The van der Waals surface area contributed by atoms with Gasteiger partial charge in [-0.15, -0.1) is 11.3 Å². The molecule has 1 aromatic heterocycles.